The minimum Gasteiger partial charge on any atom is -0.497 e. The van der Waals surface area contributed by atoms with Gasteiger partial charge in [-0.1, -0.05) is 26.0 Å². The number of hydrogen-bond acceptors (Lipinski definition) is 4. The standard InChI is InChI=1S/C14H23NO2S/c1-4-13(15)14(18-10(2)9-16)11-5-7-12(17-3)8-6-11/h5-8,10,13-14,16H,4,9,15H2,1-3H3. The Kier molecular flexibility index (Phi) is 6.54. The second kappa shape index (κ2) is 7.67. The molecule has 0 radical (unpaired) electrons. The van der Waals surface area contributed by atoms with E-state index in [4.69, 9.17) is 10.5 Å². The summed E-state index contributed by atoms with van der Waals surface area (Å²) in [6, 6.07) is 8.10. The average molecular weight is 269 g/mol. The average Bonchev–Trinajstić information content (AvgIpc) is 2.43. The number of benzene rings is 1. The van der Waals surface area contributed by atoms with Crippen molar-refractivity contribution in [2.45, 2.75) is 36.8 Å². The maximum Gasteiger partial charge on any atom is 0.118 e. The van der Waals surface area contributed by atoms with E-state index in [-0.39, 0.29) is 23.1 Å². The monoisotopic (exact) mass is 269 g/mol. The highest BCUT2D eigenvalue weighted by molar-refractivity contribution is 8.00. The van der Waals surface area contributed by atoms with Crippen molar-refractivity contribution >= 4 is 11.8 Å². The van der Waals surface area contributed by atoms with Gasteiger partial charge in [0.25, 0.3) is 0 Å². The molecule has 0 amide bonds. The Morgan fingerprint density at radius 3 is 2.39 bits per heavy atom. The third-order valence-corrected chi connectivity index (χ3v) is 4.47. The Morgan fingerprint density at radius 2 is 1.94 bits per heavy atom. The second-order valence-corrected chi connectivity index (χ2v) is 5.98. The number of thioether (sulfide) groups is 1. The van der Waals surface area contributed by atoms with Crippen molar-refractivity contribution < 1.29 is 9.84 Å². The van der Waals surface area contributed by atoms with Crippen LogP contribution in [0.1, 0.15) is 31.1 Å². The van der Waals surface area contributed by atoms with Gasteiger partial charge in [0.15, 0.2) is 0 Å². The van der Waals surface area contributed by atoms with Crippen LogP contribution in [-0.2, 0) is 0 Å². The first-order valence-corrected chi connectivity index (χ1v) is 7.22. The number of methoxy groups -OCH3 is 1. The van der Waals surface area contributed by atoms with E-state index in [2.05, 4.69) is 19.1 Å². The largest absolute Gasteiger partial charge is 0.497 e. The maximum absolute atomic E-state index is 9.19. The predicted octanol–water partition coefficient (Wildman–Crippen LogP) is 2.59. The maximum atomic E-state index is 9.19. The summed E-state index contributed by atoms with van der Waals surface area (Å²) in [4.78, 5) is 0. The quantitative estimate of drug-likeness (QED) is 0.799. The van der Waals surface area contributed by atoms with E-state index < -0.39 is 0 Å². The first kappa shape index (κ1) is 15.3. The number of ether oxygens (including phenoxy) is 1. The summed E-state index contributed by atoms with van der Waals surface area (Å²) in [7, 11) is 1.66. The topological polar surface area (TPSA) is 55.5 Å². The van der Waals surface area contributed by atoms with Crippen LogP contribution in [0, 0.1) is 0 Å². The van der Waals surface area contributed by atoms with Gasteiger partial charge in [-0.25, -0.2) is 0 Å². The summed E-state index contributed by atoms with van der Waals surface area (Å²) in [6.45, 7) is 4.28. The van der Waals surface area contributed by atoms with E-state index in [1.807, 2.05) is 19.1 Å². The number of aliphatic hydroxyl groups excluding tert-OH is 1. The third kappa shape index (κ3) is 4.19. The van der Waals surface area contributed by atoms with Crippen LogP contribution < -0.4 is 10.5 Å². The molecule has 0 aliphatic rings. The fourth-order valence-electron chi connectivity index (χ4n) is 1.73. The van der Waals surface area contributed by atoms with E-state index in [1.165, 1.54) is 5.56 Å². The Bertz CT molecular complexity index is 342. The number of rotatable bonds is 7. The van der Waals surface area contributed by atoms with E-state index >= 15 is 0 Å². The summed E-state index contributed by atoms with van der Waals surface area (Å²) < 4.78 is 5.16. The van der Waals surface area contributed by atoms with E-state index in [0.29, 0.717) is 0 Å². The van der Waals surface area contributed by atoms with Crippen LogP contribution in [0.25, 0.3) is 0 Å². The molecule has 1 rings (SSSR count). The molecule has 3 unspecified atom stereocenters. The lowest BCUT2D eigenvalue weighted by molar-refractivity contribution is 0.299. The minimum atomic E-state index is 0.0948. The van der Waals surface area contributed by atoms with Crippen molar-refractivity contribution in [3.05, 3.63) is 29.8 Å². The first-order chi connectivity index (χ1) is 8.62. The van der Waals surface area contributed by atoms with E-state index in [9.17, 15) is 5.11 Å². The molecule has 0 aromatic heterocycles. The summed E-state index contributed by atoms with van der Waals surface area (Å²) >= 11 is 1.73. The first-order valence-electron chi connectivity index (χ1n) is 6.28. The minimum absolute atomic E-state index is 0.0948. The molecule has 0 saturated heterocycles. The zero-order chi connectivity index (χ0) is 13.5. The zero-order valence-electron chi connectivity index (χ0n) is 11.3. The molecule has 0 aliphatic carbocycles. The molecule has 0 saturated carbocycles. The molecule has 4 heteroatoms. The molecule has 3 nitrogen and oxygen atoms in total. The summed E-state index contributed by atoms with van der Waals surface area (Å²) in [5, 5.41) is 9.59. The molecule has 0 spiro atoms. The highest BCUT2D eigenvalue weighted by Gasteiger charge is 2.21. The summed E-state index contributed by atoms with van der Waals surface area (Å²) in [6.07, 6.45) is 0.918. The van der Waals surface area contributed by atoms with Crippen LogP contribution in [0.3, 0.4) is 0 Å². The van der Waals surface area contributed by atoms with Crippen molar-refractivity contribution in [2.24, 2.45) is 5.73 Å². The van der Waals surface area contributed by atoms with Crippen molar-refractivity contribution in [2.75, 3.05) is 13.7 Å². The fraction of sp³-hybridized carbons (Fsp3) is 0.571. The van der Waals surface area contributed by atoms with Gasteiger partial charge in [0, 0.05) is 16.5 Å². The molecule has 0 heterocycles. The molecule has 0 aliphatic heterocycles. The lowest BCUT2D eigenvalue weighted by Gasteiger charge is -2.25. The molecule has 102 valence electrons. The SMILES string of the molecule is CCC(N)C(SC(C)CO)c1ccc(OC)cc1. The molecule has 1 aromatic rings. The zero-order valence-corrected chi connectivity index (χ0v) is 12.1. The number of nitrogens with two attached hydrogens (primary N) is 1. The lowest BCUT2D eigenvalue weighted by Crippen LogP contribution is -2.27. The van der Waals surface area contributed by atoms with Crippen molar-refractivity contribution in [1.82, 2.24) is 0 Å². The van der Waals surface area contributed by atoms with Gasteiger partial charge < -0.3 is 15.6 Å². The van der Waals surface area contributed by atoms with Crippen LogP contribution in [0.2, 0.25) is 0 Å². The van der Waals surface area contributed by atoms with Crippen LogP contribution in [-0.4, -0.2) is 30.1 Å². The van der Waals surface area contributed by atoms with Crippen molar-refractivity contribution in [1.29, 1.82) is 0 Å². The van der Waals surface area contributed by atoms with E-state index in [0.717, 1.165) is 12.2 Å². The number of aliphatic hydroxyl groups is 1. The summed E-state index contributed by atoms with van der Waals surface area (Å²) in [5.41, 5.74) is 7.38. The molecule has 3 atom stereocenters. The van der Waals surface area contributed by atoms with Gasteiger partial charge in [0.2, 0.25) is 0 Å². The van der Waals surface area contributed by atoms with Gasteiger partial charge >= 0.3 is 0 Å². The second-order valence-electron chi connectivity index (χ2n) is 4.40. The van der Waals surface area contributed by atoms with Crippen molar-refractivity contribution in [3.63, 3.8) is 0 Å². The normalized spacial score (nSPS) is 16.1. The molecule has 0 fully saturated rings. The summed E-state index contributed by atoms with van der Waals surface area (Å²) in [5.74, 6) is 0.850. The molecular formula is C14H23NO2S. The van der Waals surface area contributed by atoms with Crippen LogP contribution >= 0.6 is 11.8 Å². The van der Waals surface area contributed by atoms with Gasteiger partial charge in [-0.05, 0) is 24.1 Å². The smallest absolute Gasteiger partial charge is 0.118 e. The van der Waals surface area contributed by atoms with Gasteiger partial charge in [-0.2, -0.15) is 0 Å². The molecule has 0 bridgehead atoms. The van der Waals surface area contributed by atoms with Crippen LogP contribution in [0.4, 0.5) is 0 Å². The highest BCUT2D eigenvalue weighted by atomic mass is 32.2. The van der Waals surface area contributed by atoms with Gasteiger partial charge in [-0.15, -0.1) is 11.8 Å². The van der Waals surface area contributed by atoms with Gasteiger partial charge in [0.05, 0.1) is 13.7 Å². The van der Waals surface area contributed by atoms with Crippen LogP contribution in [0.5, 0.6) is 5.75 Å². The lowest BCUT2D eigenvalue weighted by atomic mass is 10.0. The fourth-order valence-corrected chi connectivity index (χ4v) is 3.02. The molecule has 3 N–H and O–H groups in total. The predicted molar refractivity (Wildman–Crippen MR) is 78.1 cm³/mol. The molecular weight excluding hydrogens is 246 g/mol. The Hall–Kier alpha value is -0.710. The Labute approximate surface area is 114 Å². The highest BCUT2D eigenvalue weighted by Crippen LogP contribution is 2.36. The Morgan fingerprint density at radius 1 is 1.33 bits per heavy atom. The van der Waals surface area contributed by atoms with Crippen molar-refractivity contribution in [3.8, 4) is 5.75 Å². The van der Waals surface area contributed by atoms with Gasteiger partial charge in [0.1, 0.15) is 5.75 Å². The Balaban J connectivity index is 2.86. The number of hydrogen-bond donors (Lipinski definition) is 2. The van der Waals surface area contributed by atoms with E-state index in [1.54, 1.807) is 18.9 Å². The van der Waals surface area contributed by atoms with Gasteiger partial charge in [-0.3, -0.25) is 0 Å². The van der Waals surface area contributed by atoms with Crippen LogP contribution in [0.15, 0.2) is 24.3 Å². The third-order valence-electron chi connectivity index (χ3n) is 2.94. The molecule has 1 aromatic carbocycles. The molecule has 18 heavy (non-hydrogen) atoms.